The molecule has 126 valence electrons. The smallest absolute Gasteiger partial charge is 0.256 e. The average Bonchev–Trinajstić information content (AvgIpc) is 2.44. The van der Waals surface area contributed by atoms with Gasteiger partial charge in [0.2, 0.25) is 0 Å². The number of carbonyl (C=O) groups is 1. The zero-order valence-electron chi connectivity index (χ0n) is 13.7. The first kappa shape index (κ1) is 16.1. The zero-order valence-corrected chi connectivity index (χ0v) is 13.7. The third kappa shape index (κ3) is 2.79. The second-order valence-corrected chi connectivity index (χ2v) is 6.31. The molecule has 7 heteroatoms. The van der Waals surface area contributed by atoms with Crippen LogP contribution >= 0.6 is 0 Å². The van der Waals surface area contributed by atoms with Gasteiger partial charge in [-0.05, 0) is 26.2 Å². The fraction of sp³-hybridized carbons (Fsp3) is 0.688. The predicted octanol–water partition coefficient (Wildman–Crippen LogP) is 1.28. The third-order valence-electron chi connectivity index (χ3n) is 5.13. The Morgan fingerprint density at radius 1 is 1.52 bits per heavy atom. The molecule has 1 aromatic heterocycles. The second-order valence-electron chi connectivity index (χ2n) is 6.31. The van der Waals surface area contributed by atoms with Gasteiger partial charge in [-0.2, -0.15) is 0 Å². The van der Waals surface area contributed by atoms with Crippen LogP contribution in [0.15, 0.2) is 6.20 Å². The minimum Gasteiger partial charge on any atom is -0.383 e. The third-order valence-corrected chi connectivity index (χ3v) is 5.13. The monoisotopic (exact) mass is 320 g/mol. The number of amides is 1. The van der Waals surface area contributed by atoms with Gasteiger partial charge in [0.25, 0.3) is 5.91 Å². The molecular formula is C16H24N4O3. The largest absolute Gasteiger partial charge is 0.383 e. The molecule has 0 radical (unpaired) electrons. The van der Waals surface area contributed by atoms with Crippen LogP contribution in [-0.2, 0) is 16.1 Å². The Morgan fingerprint density at radius 3 is 2.87 bits per heavy atom. The average molecular weight is 320 g/mol. The summed E-state index contributed by atoms with van der Waals surface area (Å²) in [5, 5.41) is 3.10. The Morgan fingerprint density at radius 2 is 2.30 bits per heavy atom. The van der Waals surface area contributed by atoms with E-state index < -0.39 is 0 Å². The molecule has 1 amide bonds. The lowest BCUT2D eigenvalue weighted by atomic mass is 9.51. The topological polar surface area (TPSA) is 99.4 Å². The minimum atomic E-state index is -0.210. The first-order valence-corrected chi connectivity index (χ1v) is 8.13. The molecule has 0 aromatic carbocycles. The van der Waals surface area contributed by atoms with Crippen molar-refractivity contribution >= 4 is 11.7 Å². The summed E-state index contributed by atoms with van der Waals surface area (Å²) in [5.74, 6) is 0.447. The van der Waals surface area contributed by atoms with Crippen LogP contribution < -0.4 is 11.1 Å². The highest BCUT2D eigenvalue weighted by molar-refractivity contribution is 5.98. The Kier molecular flexibility index (Phi) is 4.50. The summed E-state index contributed by atoms with van der Waals surface area (Å²) in [6, 6.07) is 0.151. The van der Waals surface area contributed by atoms with E-state index in [1.54, 1.807) is 7.11 Å². The molecule has 1 heterocycles. The summed E-state index contributed by atoms with van der Waals surface area (Å²) < 4.78 is 10.8. The number of aromatic nitrogens is 2. The highest BCUT2D eigenvalue weighted by Gasteiger charge is 2.59. The first-order valence-electron chi connectivity index (χ1n) is 8.13. The molecule has 0 saturated heterocycles. The van der Waals surface area contributed by atoms with Gasteiger partial charge in [0.05, 0.1) is 11.7 Å². The highest BCUT2D eigenvalue weighted by Crippen LogP contribution is 2.57. The Balaban J connectivity index is 1.66. The molecule has 2 saturated carbocycles. The lowest BCUT2D eigenvalue weighted by molar-refractivity contribution is -0.169. The van der Waals surface area contributed by atoms with Gasteiger partial charge in [-0.25, -0.2) is 9.97 Å². The zero-order chi connectivity index (χ0) is 16.4. The Bertz CT molecular complexity index is 589. The number of anilines is 1. The van der Waals surface area contributed by atoms with E-state index in [4.69, 9.17) is 15.2 Å². The molecule has 7 nitrogen and oxygen atoms in total. The lowest BCUT2D eigenvalue weighted by Crippen LogP contribution is -2.67. The van der Waals surface area contributed by atoms with Crippen LogP contribution in [0.2, 0.25) is 0 Å². The van der Waals surface area contributed by atoms with Crippen LogP contribution in [0.5, 0.6) is 0 Å². The summed E-state index contributed by atoms with van der Waals surface area (Å²) >= 11 is 0. The standard InChI is InChI=1S/C16H24N4O3/c1-3-23-12-7-11(16(12)5-4-6-16)19-15(21)10-8-18-13(9-22-2)20-14(10)17/h8,11-12H,3-7,9H2,1-2H3,(H,19,21)(H2,17,18,20). The fourth-order valence-electron chi connectivity index (χ4n) is 3.68. The van der Waals surface area contributed by atoms with E-state index >= 15 is 0 Å². The number of nitrogens with one attached hydrogen (secondary N) is 1. The van der Waals surface area contributed by atoms with Crippen molar-refractivity contribution in [2.45, 2.75) is 51.4 Å². The van der Waals surface area contributed by atoms with Gasteiger partial charge in [0.1, 0.15) is 12.4 Å². The van der Waals surface area contributed by atoms with Crippen molar-refractivity contribution in [2.24, 2.45) is 5.41 Å². The van der Waals surface area contributed by atoms with Crippen LogP contribution in [0.25, 0.3) is 0 Å². The molecule has 3 rings (SSSR count). The summed E-state index contributed by atoms with van der Waals surface area (Å²) in [6.45, 7) is 3.00. The Labute approximate surface area is 136 Å². The van der Waals surface area contributed by atoms with Crippen molar-refractivity contribution < 1.29 is 14.3 Å². The van der Waals surface area contributed by atoms with Gasteiger partial charge in [0, 0.05) is 31.4 Å². The minimum absolute atomic E-state index is 0.122. The van der Waals surface area contributed by atoms with E-state index in [1.165, 1.54) is 12.6 Å². The maximum atomic E-state index is 12.5. The molecule has 2 fully saturated rings. The van der Waals surface area contributed by atoms with Crippen molar-refractivity contribution in [2.75, 3.05) is 19.5 Å². The van der Waals surface area contributed by atoms with Crippen molar-refractivity contribution in [3.05, 3.63) is 17.6 Å². The van der Waals surface area contributed by atoms with E-state index in [2.05, 4.69) is 15.3 Å². The molecule has 2 aliphatic carbocycles. The van der Waals surface area contributed by atoms with E-state index in [-0.39, 0.29) is 35.9 Å². The van der Waals surface area contributed by atoms with E-state index in [1.807, 2.05) is 6.92 Å². The maximum absolute atomic E-state index is 12.5. The molecule has 3 N–H and O–H groups in total. The van der Waals surface area contributed by atoms with E-state index in [0.717, 1.165) is 25.9 Å². The van der Waals surface area contributed by atoms with Crippen molar-refractivity contribution in [3.63, 3.8) is 0 Å². The maximum Gasteiger partial charge on any atom is 0.256 e. The Hall–Kier alpha value is -1.73. The van der Waals surface area contributed by atoms with Crippen LogP contribution in [0, 0.1) is 5.41 Å². The fourth-order valence-corrected chi connectivity index (χ4v) is 3.68. The summed E-state index contributed by atoms with van der Waals surface area (Å²) in [6.07, 6.45) is 6.03. The molecule has 2 atom stereocenters. The quantitative estimate of drug-likeness (QED) is 0.819. The van der Waals surface area contributed by atoms with Crippen LogP contribution in [-0.4, -0.2) is 41.7 Å². The summed E-state index contributed by atoms with van der Waals surface area (Å²) in [5.41, 5.74) is 6.33. The van der Waals surface area contributed by atoms with Crippen LogP contribution in [0.4, 0.5) is 5.82 Å². The van der Waals surface area contributed by atoms with E-state index in [0.29, 0.717) is 11.4 Å². The van der Waals surface area contributed by atoms with Crippen LogP contribution in [0.1, 0.15) is 48.8 Å². The number of nitrogen functional groups attached to an aromatic ring is 1. The number of methoxy groups -OCH3 is 1. The van der Waals surface area contributed by atoms with Gasteiger partial charge < -0.3 is 20.5 Å². The van der Waals surface area contributed by atoms with Gasteiger partial charge in [-0.3, -0.25) is 4.79 Å². The molecular weight excluding hydrogens is 296 g/mol. The number of nitrogens with two attached hydrogens (primary N) is 1. The first-order chi connectivity index (χ1) is 11.1. The molecule has 1 spiro atoms. The van der Waals surface area contributed by atoms with Gasteiger partial charge >= 0.3 is 0 Å². The number of hydrogen-bond acceptors (Lipinski definition) is 6. The normalized spacial score (nSPS) is 24.8. The van der Waals surface area contributed by atoms with Gasteiger partial charge in [-0.1, -0.05) is 6.42 Å². The number of hydrogen-bond donors (Lipinski definition) is 2. The number of ether oxygens (including phenoxy) is 2. The van der Waals surface area contributed by atoms with Gasteiger partial charge in [0.15, 0.2) is 5.82 Å². The molecule has 23 heavy (non-hydrogen) atoms. The number of nitrogens with zero attached hydrogens (tertiary/aromatic N) is 2. The predicted molar refractivity (Wildman–Crippen MR) is 84.7 cm³/mol. The second kappa shape index (κ2) is 6.41. The van der Waals surface area contributed by atoms with E-state index in [9.17, 15) is 4.79 Å². The van der Waals surface area contributed by atoms with Crippen molar-refractivity contribution in [3.8, 4) is 0 Å². The molecule has 0 aliphatic heterocycles. The highest BCUT2D eigenvalue weighted by atomic mass is 16.5. The van der Waals surface area contributed by atoms with Crippen molar-refractivity contribution in [1.29, 1.82) is 0 Å². The van der Waals surface area contributed by atoms with Gasteiger partial charge in [-0.15, -0.1) is 0 Å². The lowest BCUT2D eigenvalue weighted by Gasteiger charge is -2.61. The molecule has 2 aliphatic rings. The molecule has 2 unspecified atom stereocenters. The summed E-state index contributed by atoms with van der Waals surface area (Å²) in [4.78, 5) is 20.7. The molecule has 0 bridgehead atoms. The van der Waals surface area contributed by atoms with Crippen LogP contribution in [0.3, 0.4) is 0 Å². The molecule has 1 aromatic rings. The number of carbonyl (C=O) groups excluding carboxylic acids is 1. The summed E-state index contributed by atoms with van der Waals surface area (Å²) in [7, 11) is 1.56. The number of rotatable bonds is 6. The van der Waals surface area contributed by atoms with Crippen molar-refractivity contribution in [1.82, 2.24) is 15.3 Å². The SMILES string of the molecule is CCOC1CC(NC(=O)c2cnc(COC)nc2N)C12CCC2.